The molecule has 1 aromatic heterocycles. The number of hydrogen-bond acceptors (Lipinski definition) is 3. The molecule has 0 unspecified atom stereocenters. The van der Waals surface area contributed by atoms with E-state index in [-0.39, 0.29) is 5.56 Å². The minimum absolute atomic E-state index is 0.0519. The van der Waals surface area contributed by atoms with Crippen molar-refractivity contribution in [2.45, 2.75) is 25.4 Å². The lowest BCUT2D eigenvalue weighted by molar-refractivity contribution is 0.204. The lowest BCUT2D eigenvalue weighted by atomic mass is 10.1. The average molecular weight is 272 g/mol. The van der Waals surface area contributed by atoms with Gasteiger partial charge in [-0.25, -0.2) is 0 Å². The molecular formula is C16H20N2O2. The van der Waals surface area contributed by atoms with Gasteiger partial charge in [0.1, 0.15) is 5.75 Å². The highest BCUT2D eigenvalue weighted by atomic mass is 16.5. The third kappa shape index (κ3) is 2.70. The molecule has 0 saturated heterocycles. The Kier molecular flexibility index (Phi) is 3.74. The second-order valence-electron chi connectivity index (χ2n) is 5.53. The molecule has 1 heterocycles. The molecule has 1 saturated carbocycles. The zero-order chi connectivity index (χ0) is 13.9. The molecule has 106 valence electrons. The molecule has 3 rings (SSSR count). The van der Waals surface area contributed by atoms with Crippen LogP contribution in [0.15, 0.2) is 35.3 Å². The van der Waals surface area contributed by atoms with Crippen LogP contribution < -0.4 is 15.6 Å². The fourth-order valence-corrected chi connectivity index (χ4v) is 3.05. The molecule has 1 aromatic carbocycles. The van der Waals surface area contributed by atoms with Crippen molar-refractivity contribution in [3.05, 3.63) is 40.8 Å². The number of fused-ring (bicyclic) bond motifs is 1. The third-order valence-electron chi connectivity index (χ3n) is 4.03. The summed E-state index contributed by atoms with van der Waals surface area (Å²) in [7, 11) is 2.00. The fourth-order valence-electron chi connectivity index (χ4n) is 3.05. The van der Waals surface area contributed by atoms with Crippen molar-refractivity contribution < 1.29 is 4.74 Å². The third-order valence-corrected chi connectivity index (χ3v) is 4.03. The number of benzene rings is 1. The van der Waals surface area contributed by atoms with Gasteiger partial charge < -0.3 is 15.0 Å². The predicted molar refractivity (Wildman–Crippen MR) is 80.3 cm³/mol. The maximum atomic E-state index is 11.6. The number of H-pyrrole nitrogens is 1. The summed E-state index contributed by atoms with van der Waals surface area (Å²) in [5, 5.41) is 4.87. The Morgan fingerprint density at radius 2 is 2.25 bits per heavy atom. The Labute approximate surface area is 118 Å². The maximum Gasteiger partial charge on any atom is 0.255 e. The van der Waals surface area contributed by atoms with Crippen LogP contribution in [0.1, 0.15) is 19.3 Å². The minimum Gasteiger partial charge on any atom is -0.490 e. The molecule has 2 aromatic rings. The number of nitrogens with one attached hydrogen (secondary N) is 2. The standard InChI is InChI=1S/C16H20N2O2/c1-17-10-11-2-3-13(8-11)20-14-4-5-15-12(9-14)6-7-18-16(15)19/h4-7,9,11,13,17H,2-3,8,10H2,1H3,(H,18,19)/t11-,13-/m1/s1. The fraction of sp³-hybridized carbons (Fsp3) is 0.438. The summed E-state index contributed by atoms with van der Waals surface area (Å²) in [5.74, 6) is 1.58. The summed E-state index contributed by atoms with van der Waals surface area (Å²) in [6, 6.07) is 7.59. The van der Waals surface area contributed by atoms with E-state index in [2.05, 4.69) is 10.3 Å². The summed E-state index contributed by atoms with van der Waals surface area (Å²) in [6.07, 6.45) is 5.41. The van der Waals surface area contributed by atoms with E-state index in [0.717, 1.165) is 30.5 Å². The van der Waals surface area contributed by atoms with Gasteiger partial charge in [0, 0.05) is 11.6 Å². The zero-order valence-corrected chi connectivity index (χ0v) is 11.7. The summed E-state index contributed by atoms with van der Waals surface area (Å²) in [4.78, 5) is 14.3. The number of ether oxygens (including phenoxy) is 1. The van der Waals surface area contributed by atoms with Gasteiger partial charge in [0.25, 0.3) is 5.56 Å². The highest BCUT2D eigenvalue weighted by Crippen LogP contribution is 2.29. The number of aromatic amines is 1. The molecule has 4 nitrogen and oxygen atoms in total. The van der Waals surface area contributed by atoms with Gasteiger partial charge in [-0.15, -0.1) is 0 Å². The lowest BCUT2D eigenvalue weighted by Crippen LogP contribution is -2.18. The SMILES string of the molecule is CNC[C@@H]1CC[C@@H](Oc2ccc3c(=O)[nH]ccc3c2)C1. The summed E-state index contributed by atoms with van der Waals surface area (Å²) in [5.41, 5.74) is -0.0519. The number of hydrogen-bond donors (Lipinski definition) is 2. The summed E-state index contributed by atoms with van der Waals surface area (Å²) >= 11 is 0. The smallest absolute Gasteiger partial charge is 0.255 e. The Bertz CT molecular complexity index is 650. The van der Waals surface area contributed by atoms with E-state index < -0.39 is 0 Å². The van der Waals surface area contributed by atoms with Crippen LogP contribution in [0.3, 0.4) is 0 Å². The van der Waals surface area contributed by atoms with Crippen LogP contribution in [0.2, 0.25) is 0 Å². The first-order valence-corrected chi connectivity index (χ1v) is 7.19. The molecule has 0 aliphatic heterocycles. The van der Waals surface area contributed by atoms with Crippen molar-refractivity contribution in [1.29, 1.82) is 0 Å². The van der Waals surface area contributed by atoms with Crippen LogP contribution in [0.5, 0.6) is 5.75 Å². The molecular weight excluding hydrogens is 252 g/mol. The molecule has 2 atom stereocenters. The van der Waals surface area contributed by atoms with Gasteiger partial charge in [-0.05, 0) is 68.4 Å². The van der Waals surface area contributed by atoms with E-state index in [0.29, 0.717) is 17.4 Å². The van der Waals surface area contributed by atoms with E-state index in [1.165, 1.54) is 6.42 Å². The molecule has 1 aliphatic rings. The van der Waals surface area contributed by atoms with Crippen molar-refractivity contribution in [3.8, 4) is 5.75 Å². The van der Waals surface area contributed by atoms with Gasteiger partial charge in [0.05, 0.1) is 6.10 Å². The van der Waals surface area contributed by atoms with E-state index in [9.17, 15) is 4.79 Å². The topological polar surface area (TPSA) is 54.1 Å². The maximum absolute atomic E-state index is 11.6. The first kappa shape index (κ1) is 13.2. The second kappa shape index (κ2) is 5.67. The molecule has 0 spiro atoms. The number of aromatic nitrogens is 1. The van der Waals surface area contributed by atoms with E-state index >= 15 is 0 Å². The molecule has 20 heavy (non-hydrogen) atoms. The zero-order valence-electron chi connectivity index (χ0n) is 11.7. The Balaban J connectivity index is 1.74. The molecule has 1 fully saturated rings. The number of pyridine rings is 1. The van der Waals surface area contributed by atoms with Crippen LogP contribution in [-0.2, 0) is 0 Å². The van der Waals surface area contributed by atoms with Gasteiger partial charge in [0.2, 0.25) is 0 Å². The van der Waals surface area contributed by atoms with Gasteiger partial charge in [-0.2, -0.15) is 0 Å². The van der Waals surface area contributed by atoms with Crippen LogP contribution in [0.25, 0.3) is 10.8 Å². The number of rotatable bonds is 4. The van der Waals surface area contributed by atoms with Crippen LogP contribution in [0.4, 0.5) is 0 Å². The van der Waals surface area contributed by atoms with Crippen molar-refractivity contribution in [3.63, 3.8) is 0 Å². The first-order valence-electron chi connectivity index (χ1n) is 7.19. The lowest BCUT2D eigenvalue weighted by Gasteiger charge is -2.14. The van der Waals surface area contributed by atoms with Gasteiger partial charge in [-0.1, -0.05) is 0 Å². The highest BCUT2D eigenvalue weighted by molar-refractivity contribution is 5.82. The first-order chi connectivity index (χ1) is 9.76. The quantitative estimate of drug-likeness (QED) is 0.898. The molecule has 2 N–H and O–H groups in total. The molecule has 0 radical (unpaired) electrons. The van der Waals surface area contributed by atoms with Crippen molar-refractivity contribution >= 4 is 10.8 Å². The van der Waals surface area contributed by atoms with Crippen molar-refractivity contribution in [2.24, 2.45) is 5.92 Å². The summed E-state index contributed by atoms with van der Waals surface area (Å²) in [6.45, 7) is 1.06. The Morgan fingerprint density at radius 3 is 3.10 bits per heavy atom. The van der Waals surface area contributed by atoms with Crippen LogP contribution in [-0.4, -0.2) is 24.7 Å². The largest absolute Gasteiger partial charge is 0.490 e. The summed E-state index contributed by atoms with van der Waals surface area (Å²) < 4.78 is 6.06. The van der Waals surface area contributed by atoms with Gasteiger partial charge >= 0.3 is 0 Å². The van der Waals surface area contributed by atoms with Gasteiger partial charge in [-0.3, -0.25) is 4.79 Å². The van der Waals surface area contributed by atoms with E-state index in [4.69, 9.17) is 4.74 Å². The normalized spacial score (nSPS) is 22.2. The second-order valence-corrected chi connectivity index (χ2v) is 5.53. The molecule has 0 bridgehead atoms. The van der Waals surface area contributed by atoms with Crippen LogP contribution in [0, 0.1) is 5.92 Å². The van der Waals surface area contributed by atoms with Crippen LogP contribution >= 0.6 is 0 Å². The minimum atomic E-state index is -0.0519. The highest BCUT2D eigenvalue weighted by Gasteiger charge is 2.25. The average Bonchev–Trinajstić information content (AvgIpc) is 2.87. The Hall–Kier alpha value is -1.81. The van der Waals surface area contributed by atoms with Gasteiger partial charge in [0.15, 0.2) is 0 Å². The van der Waals surface area contributed by atoms with Crippen molar-refractivity contribution in [1.82, 2.24) is 10.3 Å². The predicted octanol–water partition coefficient (Wildman–Crippen LogP) is 2.29. The monoisotopic (exact) mass is 272 g/mol. The molecule has 0 amide bonds. The molecule has 4 heteroatoms. The van der Waals surface area contributed by atoms with E-state index in [1.54, 1.807) is 6.20 Å². The molecule has 1 aliphatic carbocycles. The Morgan fingerprint density at radius 1 is 1.35 bits per heavy atom. The van der Waals surface area contributed by atoms with E-state index in [1.807, 2.05) is 31.3 Å². The van der Waals surface area contributed by atoms with Crippen molar-refractivity contribution in [2.75, 3.05) is 13.6 Å².